The van der Waals surface area contributed by atoms with Crippen LogP contribution in [0.1, 0.15) is 24.5 Å². The van der Waals surface area contributed by atoms with Gasteiger partial charge in [-0.2, -0.15) is 0 Å². The van der Waals surface area contributed by atoms with Crippen LogP contribution in [0.3, 0.4) is 0 Å². The smallest absolute Gasteiger partial charge is 0.153 e. The molecule has 1 fully saturated rings. The first-order valence-corrected chi connectivity index (χ1v) is 4.85. The fourth-order valence-electron chi connectivity index (χ4n) is 1.60. The summed E-state index contributed by atoms with van der Waals surface area (Å²) in [7, 11) is 0. The molecule has 13 heavy (non-hydrogen) atoms. The molecular formula is C10H9ClN2. The third-order valence-electron chi connectivity index (χ3n) is 2.48. The molecule has 3 heteroatoms. The lowest BCUT2D eigenvalue weighted by molar-refractivity contribution is 0.975. The maximum Gasteiger partial charge on any atom is 0.153 e. The van der Waals surface area contributed by atoms with Crippen LogP contribution in [0.15, 0.2) is 24.5 Å². The maximum atomic E-state index is 6.04. The van der Waals surface area contributed by atoms with E-state index < -0.39 is 0 Å². The summed E-state index contributed by atoms with van der Waals surface area (Å²) in [6, 6.07) is 3.96. The van der Waals surface area contributed by atoms with E-state index in [2.05, 4.69) is 11.2 Å². The minimum absolute atomic E-state index is 0.620. The van der Waals surface area contributed by atoms with Gasteiger partial charge in [0.2, 0.25) is 0 Å². The molecule has 2 aromatic heterocycles. The topological polar surface area (TPSA) is 17.3 Å². The van der Waals surface area contributed by atoms with Crippen LogP contribution in [0.2, 0.25) is 5.15 Å². The molecule has 0 spiro atoms. The van der Waals surface area contributed by atoms with E-state index >= 15 is 0 Å². The van der Waals surface area contributed by atoms with Crippen molar-refractivity contribution in [2.45, 2.75) is 18.8 Å². The monoisotopic (exact) mass is 192 g/mol. The molecule has 0 saturated heterocycles. The number of rotatable bonds is 1. The summed E-state index contributed by atoms with van der Waals surface area (Å²) in [5.74, 6) is 0.657. The van der Waals surface area contributed by atoms with Crippen molar-refractivity contribution in [1.29, 1.82) is 0 Å². The van der Waals surface area contributed by atoms with Crippen LogP contribution in [0.5, 0.6) is 0 Å². The summed E-state index contributed by atoms with van der Waals surface area (Å²) in [5.41, 5.74) is 2.12. The highest BCUT2D eigenvalue weighted by molar-refractivity contribution is 6.32. The van der Waals surface area contributed by atoms with Gasteiger partial charge in [0, 0.05) is 18.3 Å². The predicted molar refractivity (Wildman–Crippen MR) is 52.2 cm³/mol. The van der Waals surface area contributed by atoms with E-state index in [1.165, 1.54) is 12.8 Å². The average molecular weight is 193 g/mol. The fourth-order valence-corrected chi connectivity index (χ4v) is 1.86. The van der Waals surface area contributed by atoms with Crippen LogP contribution < -0.4 is 0 Å². The number of hydrogen-bond acceptors (Lipinski definition) is 1. The van der Waals surface area contributed by atoms with E-state index in [1.54, 1.807) is 0 Å². The Morgan fingerprint density at radius 1 is 1.46 bits per heavy atom. The van der Waals surface area contributed by atoms with Crippen molar-refractivity contribution >= 4 is 17.1 Å². The normalized spacial score (nSPS) is 16.7. The third-order valence-corrected chi connectivity index (χ3v) is 2.76. The van der Waals surface area contributed by atoms with Gasteiger partial charge in [-0.05, 0) is 25.0 Å². The van der Waals surface area contributed by atoms with Gasteiger partial charge in [0.15, 0.2) is 5.15 Å². The van der Waals surface area contributed by atoms with Gasteiger partial charge in [-0.15, -0.1) is 0 Å². The fraction of sp³-hybridized carbons (Fsp3) is 0.300. The molecule has 0 amide bonds. The van der Waals surface area contributed by atoms with Gasteiger partial charge in [0.1, 0.15) is 0 Å². The van der Waals surface area contributed by atoms with Gasteiger partial charge >= 0.3 is 0 Å². The van der Waals surface area contributed by atoms with Crippen LogP contribution in [0.25, 0.3) is 5.52 Å². The molecule has 0 N–H and O–H groups in total. The Balaban J connectivity index is 2.27. The molecule has 0 aliphatic heterocycles. The molecule has 0 atom stereocenters. The Hall–Kier alpha value is -1.02. The van der Waals surface area contributed by atoms with Crippen LogP contribution in [0.4, 0.5) is 0 Å². The van der Waals surface area contributed by atoms with Gasteiger partial charge in [-0.25, -0.2) is 4.98 Å². The third kappa shape index (κ3) is 1.13. The first-order chi connectivity index (χ1) is 6.34. The molecule has 2 nitrogen and oxygen atoms in total. The van der Waals surface area contributed by atoms with Gasteiger partial charge in [0.05, 0.1) is 11.2 Å². The Labute approximate surface area is 81.2 Å². The van der Waals surface area contributed by atoms with Crippen molar-refractivity contribution in [3.8, 4) is 0 Å². The molecular weight excluding hydrogens is 184 g/mol. The zero-order valence-corrected chi connectivity index (χ0v) is 7.83. The molecule has 3 rings (SSSR count). The SMILES string of the molecule is Clc1nc(C2CC2)cn2cccc12. The molecule has 0 aromatic carbocycles. The van der Waals surface area contributed by atoms with Crippen molar-refractivity contribution in [2.75, 3.05) is 0 Å². The number of halogens is 1. The highest BCUT2D eigenvalue weighted by atomic mass is 35.5. The Morgan fingerprint density at radius 2 is 2.31 bits per heavy atom. The van der Waals surface area contributed by atoms with Crippen LogP contribution in [-0.4, -0.2) is 9.38 Å². The summed E-state index contributed by atoms with van der Waals surface area (Å²) >= 11 is 6.04. The number of aromatic nitrogens is 2. The van der Waals surface area contributed by atoms with Crippen molar-refractivity contribution in [3.05, 3.63) is 35.4 Å². The summed E-state index contributed by atoms with van der Waals surface area (Å²) in [6.07, 6.45) is 6.61. The van der Waals surface area contributed by atoms with Crippen molar-refractivity contribution < 1.29 is 0 Å². The highest BCUT2D eigenvalue weighted by Crippen LogP contribution is 2.39. The van der Waals surface area contributed by atoms with Gasteiger partial charge in [0.25, 0.3) is 0 Å². The number of hydrogen-bond donors (Lipinski definition) is 0. The predicted octanol–water partition coefficient (Wildman–Crippen LogP) is 2.87. The first-order valence-electron chi connectivity index (χ1n) is 4.48. The van der Waals surface area contributed by atoms with E-state index in [4.69, 9.17) is 11.6 Å². The zero-order valence-electron chi connectivity index (χ0n) is 7.07. The van der Waals surface area contributed by atoms with E-state index in [-0.39, 0.29) is 0 Å². The van der Waals surface area contributed by atoms with Crippen LogP contribution in [-0.2, 0) is 0 Å². The molecule has 0 bridgehead atoms. The van der Waals surface area contributed by atoms with E-state index in [0.717, 1.165) is 11.2 Å². The van der Waals surface area contributed by atoms with Crippen LogP contribution in [0, 0.1) is 0 Å². The molecule has 1 saturated carbocycles. The molecule has 1 aliphatic rings. The largest absolute Gasteiger partial charge is 0.319 e. The van der Waals surface area contributed by atoms with Crippen molar-refractivity contribution in [2.24, 2.45) is 0 Å². The molecule has 0 unspecified atom stereocenters. The lowest BCUT2D eigenvalue weighted by atomic mass is 10.3. The first kappa shape index (κ1) is 7.39. The summed E-state index contributed by atoms with van der Waals surface area (Å²) < 4.78 is 2.04. The van der Waals surface area contributed by atoms with Crippen molar-refractivity contribution in [3.63, 3.8) is 0 Å². The number of fused-ring (bicyclic) bond motifs is 1. The van der Waals surface area contributed by atoms with Gasteiger partial charge in [-0.1, -0.05) is 11.6 Å². The quantitative estimate of drug-likeness (QED) is 0.679. The van der Waals surface area contributed by atoms with Crippen molar-refractivity contribution in [1.82, 2.24) is 9.38 Å². The lowest BCUT2D eigenvalue weighted by Crippen LogP contribution is -1.92. The molecule has 0 radical (unpaired) electrons. The minimum Gasteiger partial charge on any atom is -0.319 e. The standard InChI is InChI=1S/C10H9ClN2/c11-10-9-2-1-5-13(9)6-8(12-10)7-3-4-7/h1-2,5-7H,3-4H2. The minimum atomic E-state index is 0.620. The Bertz CT molecular complexity index is 457. The second-order valence-electron chi connectivity index (χ2n) is 3.53. The molecule has 1 aliphatic carbocycles. The second kappa shape index (κ2) is 2.48. The summed E-state index contributed by atoms with van der Waals surface area (Å²) in [5, 5.41) is 0.620. The van der Waals surface area contributed by atoms with Gasteiger partial charge < -0.3 is 4.40 Å². The van der Waals surface area contributed by atoms with Gasteiger partial charge in [-0.3, -0.25) is 0 Å². The molecule has 2 aromatic rings. The average Bonchev–Trinajstić information content (AvgIpc) is 2.85. The lowest BCUT2D eigenvalue weighted by Gasteiger charge is -2.01. The molecule has 2 heterocycles. The van der Waals surface area contributed by atoms with E-state index in [0.29, 0.717) is 11.1 Å². The maximum absolute atomic E-state index is 6.04. The summed E-state index contributed by atoms with van der Waals surface area (Å²) in [4.78, 5) is 4.38. The number of nitrogens with zero attached hydrogens (tertiary/aromatic N) is 2. The Kier molecular flexibility index (Phi) is 1.41. The summed E-state index contributed by atoms with van der Waals surface area (Å²) in [6.45, 7) is 0. The Morgan fingerprint density at radius 3 is 3.08 bits per heavy atom. The highest BCUT2D eigenvalue weighted by Gasteiger charge is 2.25. The van der Waals surface area contributed by atoms with E-state index in [1.807, 2.05) is 22.7 Å². The molecule has 66 valence electrons. The van der Waals surface area contributed by atoms with Crippen LogP contribution >= 0.6 is 11.6 Å². The zero-order chi connectivity index (χ0) is 8.84. The second-order valence-corrected chi connectivity index (χ2v) is 3.89. The van der Waals surface area contributed by atoms with E-state index in [9.17, 15) is 0 Å².